The minimum atomic E-state index is -0.865. The zero-order valence-corrected chi connectivity index (χ0v) is 20.0. The van der Waals surface area contributed by atoms with Crippen LogP contribution in [-0.2, 0) is 25.2 Å². The summed E-state index contributed by atoms with van der Waals surface area (Å²) in [5.41, 5.74) is 0.0840. The maximum absolute atomic E-state index is 11.9. The molecule has 0 aliphatic heterocycles. The minimum absolute atomic E-state index is 0.0453. The highest BCUT2D eigenvalue weighted by atomic mass is 16.5. The molecule has 0 heterocycles. The Balaban J connectivity index is 2.78. The molecule has 0 unspecified atom stereocenters. The summed E-state index contributed by atoms with van der Waals surface area (Å²) < 4.78 is 4.79. The first kappa shape index (κ1) is 28.0. The van der Waals surface area contributed by atoms with E-state index in [1.807, 2.05) is 27.7 Å². The second-order valence-electron chi connectivity index (χ2n) is 9.10. The fourth-order valence-electron chi connectivity index (χ4n) is 3.58. The zero-order valence-electron chi connectivity index (χ0n) is 20.0. The van der Waals surface area contributed by atoms with E-state index in [1.165, 1.54) is 0 Å². The first-order chi connectivity index (χ1) is 15.9. The van der Waals surface area contributed by atoms with Gasteiger partial charge >= 0.3 is 11.9 Å². The highest BCUT2D eigenvalue weighted by Gasteiger charge is 2.30. The Hall–Kier alpha value is -4.00. The lowest BCUT2D eigenvalue weighted by Crippen LogP contribution is -2.21. The van der Waals surface area contributed by atoms with Gasteiger partial charge in [-0.1, -0.05) is 27.7 Å². The lowest BCUT2D eigenvalue weighted by atomic mass is 9.75. The number of ether oxygens (including phenoxy) is 1. The number of carboxylic acids is 1. The summed E-state index contributed by atoms with van der Waals surface area (Å²) in [4.78, 5) is 22.6. The summed E-state index contributed by atoms with van der Waals surface area (Å²) in [6.45, 7) is 7.63. The molecule has 0 aromatic heterocycles. The first-order valence-corrected chi connectivity index (χ1v) is 10.8. The molecule has 0 fully saturated rings. The number of aromatic hydroxyl groups is 2. The van der Waals surface area contributed by atoms with Gasteiger partial charge in [-0.15, -0.1) is 6.42 Å². The van der Waals surface area contributed by atoms with Gasteiger partial charge in [0.1, 0.15) is 17.6 Å². The molecule has 6 nitrogen and oxygen atoms in total. The highest BCUT2D eigenvalue weighted by Crippen LogP contribution is 2.43. The van der Waals surface area contributed by atoms with Gasteiger partial charge in [-0.25, -0.2) is 0 Å². The van der Waals surface area contributed by atoms with E-state index in [2.05, 4.69) is 41.6 Å². The number of benzene rings is 1. The summed E-state index contributed by atoms with van der Waals surface area (Å²) in [6, 6.07) is 3.10. The first-order valence-electron chi connectivity index (χ1n) is 10.8. The number of aliphatic carboxylic acids is 1. The van der Waals surface area contributed by atoms with E-state index in [4.69, 9.17) is 16.3 Å². The van der Waals surface area contributed by atoms with Crippen LogP contribution in [0.25, 0.3) is 0 Å². The van der Waals surface area contributed by atoms with Crippen LogP contribution >= 0.6 is 0 Å². The van der Waals surface area contributed by atoms with E-state index in [9.17, 15) is 19.8 Å². The van der Waals surface area contributed by atoms with Gasteiger partial charge in [0.05, 0.1) is 0 Å². The summed E-state index contributed by atoms with van der Waals surface area (Å²) in [6.07, 6.45) is 9.36. The smallest absolute Gasteiger partial charge is 0.319 e. The third kappa shape index (κ3) is 9.24. The van der Waals surface area contributed by atoms with E-state index in [0.717, 1.165) is 0 Å². The van der Waals surface area contributed by atoms with E-state index in [0.29, 0.717) is 36.8 Å². The average molecular weight is 463 g/mol. The number of hydrogen-bond acceptors (Lipinski definition) is 5. The molecular formula is C28H30O6. The standard InChI is InChI=1S/C28H30O6/c1-6-7-8-9-10-11-18-34-26(33)15-13-17-28(4,5)22-20-23(29)21(19-24(22)30)27(2,3)16-12-14-25(31)32/h1,19-20,29-30H,12-17H2,2-5H3,(H,31,32). The van der Waals surface area contributed by atoms with E-state index in [1.54, 1.807) is 12.1 Å². The Morgan fingerprint density at radius 1 is 0.853 bits per heavy atom. The van der Waals surface area contributed by atoms with Gasteiger partial charge in [-0.3, -0.25) is 9.59 Å². The van der Waals surface area contributed by atoms with Crippen LogP contribution in [0.2, 0.25) is 0 Å². The van der Waals surface area contributed by atoms with Gasteiger partial charge in [0.15, 0.2) is 0 Å². The maximum atomic E-state index is 11.9. The van der Waals surface area contributed by atoms with Crippen molar-refractivity contribution in [1.82, 2.24) is 0 Å². The van der Waals surface area contributed by atoms with Gasteiger partial charge in [0.25, 0.3) is 0 Å². The number of esters is 1. The number of phenols is 2. The van der Waals surface area contributed by atoms with Crippen LogP contribution in [0.4, 0.5) is 0 Å². The summed E-state index contributed by atoms with van der Waals surface area (Å²) >= 11 is 0. The van der Waals surface area contributed by atoms with Gasteiger partial charge in [-0.2, -0.15) is 0 Å². The van der Waals surface area contributed by atoms with Crippen molar-refractivity contribution in [3.05, 3.63) is 23.3 Å². The highest BCUT2D eigenvalue weighted by molar-refractivity contribution is 5.70. The molecule has 0 aliphatic rings. The monoisotopic (exact) mass is 462 g/mol. The Morgan fingerprint density at radius 3 is 1.82 bits per heavy atom. The second kappa shape index (κ2) is 12.9. The number of terminal acetylenes is 1. The number of phenolic OH excluding ortho intramolecular Hbond substituents is 2. The van der Waals surface area contributed by atoms with Crippen molar-refractivity contribution in [2.75, 3.05) is 0 Å². The van der Waals surface area contributed by atoms with E-state index in [-0.39, 0.29) is 24.3 Å². The maximum Gasteiger partial charge on any atom is 0.319 e. The number of carbonyl (C=O) groups is 2. The SMILES string of the molecule is C#CC#CC#CC#COC(=O)CCCC(C)(C)c1cc(O)c(C(C)(C)CCCC(=O)O)cc1O. The summed E-state index contributed by atoms with van der Waals surface area (Å²) in [5, 5.41) is 30.2. The Bertz CT molecular complexity index is 1130. The Morgan fingerprint density at radius 2 is 1.32 bits per heavy atom. The topological polar surface area (TPSA) is 104 Å². The van der Waals surface area contributed by atoms with Gasteiger partial charge < -0.3 is 20.1 Å². The van der Waals surface area contributed by atoms with Crippen LogP contribution in [-0.4, -0.2) is 27.3 Å². The predicted molar refractivity (Wildman–Crippen MR) is 129 cm³/mol. The number of carboxylic acid groups (broad SMARTS) is 1. The van der Waals surface area contributed by atoms with Crippen molar-refractivity contribution >= 4 is 11.9 Å². The summed E-state index contributed by atoms with van der Waals surface area (Å²) in [5.74, 6) is 12.6. The molecule has 178 valence electrons. The van der Waals surface area contributed by atoms with Crippen molar-refractivity contribution in [1.29, 1.82) is 0 Å². The van der Waals surface area contributed by atoms with Crippen LogP contribution in [0.1, 0.15) is 77.3 Å². The number of rotatable bonds is 10. The molecule has 0 spiro atoms. The van der Waals surface area contributed by atoms with Gasteiger partial charge in [0.2, 0.25) is 0 Å². The molecule has 0 bridgehead atoms. The molecule has 3 N–H and O–H groups in total. The number of hydrogen-bond donors (Lipinski definition) is 3. The lowest BCUT2D eigenvalue weighted by molar-refractivity contribution is -0.138. The largest absolute Gasteiger partial charge is 0.508 e. The van der Waals surface area contributed by atoms with Crippen molar-refractivity contribution in [2.24, 2.45) is 0 Å². The van der Waals surface area contributed by atoms with Crippen molar-refractivity contribution < 1.29 is 29.6 Å². The number of carbonyl (C=O) groups excluding carboxylic acids is 1. The van der Waals surface area contributed by atoms with Crippen molar-refractivity contribution in [3.63, 3.8) is 0 Å². The average Bonchev–Trinajstić information content (AvgIpc) is 2.73. The fraction of sp³-hybridized carbons (Fsp3) is 0.429. The van der Waals surface area contributed by atoms with E-state index >= 15 is 0 Å². The second-order valence-corrected chi connectivity index (χ2v) is 9.10. The molecule has 0 saturated carbocycles. The lowest BCUT2D eigenvalue weighted by Gasteiger charge is -2.30. The van der Waals surface area contributed by atoms with Gasteiger partial charge in [0, 0.05) is 41.7 Å². The Labute approximate surface area is 201 Å². The van der Waals surface area contributed by atoms with Gasteiger partial charge in [-0.05, 0) is 66.4 Å². The molecule has 34 heavy (non-hydrogen) atoms. The molecule has 0 saturated heterocycles. The molecular weight excluding hydrogens is 432 g/mol. The van der Waals surface area contributed by atoms with Crippen molar-refractivity contribution in [2.45, 2.75) is 77.0 Å². The molecule has 0 aliphatic carbocycles. The quantitative estimate of drug-likeness (QED) is 0.273. The molecule has 0 amide bonds. The van der Waals surface area contributed by atoms with Crippen LogP contribution in [0, 0.1) is 48.1 Å². The molecule has 1 aromatic rings. The normalized spacial score (nSPS) is 10.3. The molecule has 1 rings (SSSR count). The molecule has 1 aromatic carbocycles. The third-order valence-corrected chi connectivity index (χ3v) is 5.49. The Kier molecular flexibility index (Phi) is 10.6. The van der Waals surface area contributed by atoms with Crippen LogP contribution < -0.4 is 0 Å². The van der Waals surface area contributed by atoms with E-state index < -0.39 is 22.8 Å². The van der Waals surface area contributed by atoms with Crippen LogP contribution in [0.5, 0.6) is 11.5 Å². The van der Waals surface area contributed by atoms with Crippen LogP contribution in [0.3, 0.4) is 0 Å². The molecule has 6 heteroatoms. The fourth-order valence-corrected chi connectivity index (χ4v) is 3.58. The van der Waals surface area contributed by atoms with Crippen molar-refractivity contribution in [3.8, 4) is 59.6 Å². The predicted octanol–water partition coefficient (Wildman–Crippen LogP) is 4.22. The minimum Gasteiger partial charge on any atom is -0.508 e. The molecule has 0 radical (unpaired) electrons. The van der Waals surface area contributed by atoms with Crippen LogP contribution in [0.15, 0.2) is 12.1 Å². The zero-order chi connectivity index (χ0) is 25.8. The molecule has 0 atom stereocenters. The summed E-state index contributed by atoms with van der Waals surface area (Å²) in [7, 11) is 0. The third-order valence-electron chi connectivity index (χ3n) is 5.49.